The highest BCUT2D eigenvalue weighted by atomic mass is 16.5. The average molecular weight is 266 g/mol. The Kier molecular flexibility index (Phi) is 5.63. The molecule has 5 nitrogen and oxygen atoms in total. The summed E-state index contributed by atoms with van der Waals surface area (Å²) in [5.41, 5.74) is 6.30. The molecule has 19 heavy (non-hydrogen) atoms. The number of benzene rings is 1. The van der Waals surface area contributed by atoms with E-state index in [-0.39, 0.29) is 11.3 Å². The molecule has 0 saturated heterocycles. The molecule has 3 N–H and O–H groups in total. The lowest BCUT2D eigenvalue weighted by atomic mass is 9.88. The van der Waals surface area contributed by atoms with Crippen molar-refractivity contribution in [2.24, 2.45) is 16.3 Å². The fraction of sp³-hybridized carbons (Fsp3) is 0.500. The van der Waals surface area contributed by atoms with Crippen LogP contribution in [0, 0.1) is 5.41 Å². The molecule has 1 rings (SSSR count). The highest BCUT2D eigenvalue weighted by Gasteiger charge is 2.23. The largest absolute Gasteiger partial charge is 0.494 e. The van der Waals surface area contributed by atoms with Crippen molar-refractivity contribution in [2.45, 2.75) is 26.9 Å². The SMILES string of the molecule is COCc1cccc(OCCC(C)(C)C(N)=NO)c1. The summed E-state index contributed by atoms with van der Waals surface area (Å²) in [6.45, 7) is 4.88. The molecule has 0 radical (unpaired) electrons. The molecule has 0 atom stereocenters. The second-order valence-electron chi connectivity index (χ2n) is 5.05. The van der Waals surface area contributed by atoms with Crippen molar-refractivity contribution in [3.8, 4) is 5.75 Å². The Hall–Kier alpha value is -1.75. The Labute approximate surface area is 114 Å². The van der Waals surface area contributed by atoms with E-state index in [1.807, 2.05) is 38.1 Å². The second-order valence-corrected chi connectivity index (χ2v) is 5.05. The van der Waals surface area contributed by atoms with Crippen LogP contribution in [0.1, 0.15) is 25.8 Å². The van der Waals surface area contributed by atoms with Gasteiger partial charge in [-0.2, -0.15) is 0 Å². The van der Waals surface area contributed by atoms with Crippen molar-refractivity contribution < 1.29 is 14.7 Å². The molecule has 0 aromatic heterocycles. The summed E-state index contributed by atoms with van der Waals surface area (Å²) in [6.07, 6.45) is 0.664. The maximum absolute atomic E-state index is 8.69. The Bertz CT molecular complexity index is 430. The quantitative estimate of drug-likeness (QED) is 0.344. The van der Waals surface area contributed by atoms with E-state index in [0.29, 0.717) is 19.6 Å². The van der Waals surface area contributed by atoms with Gasteiger partial charge >= 0.3 is 0 Å². The van der Waals surface area contributed by atoms with Crippen LogP contribution in [0.15, 0.2) is 29.4 Å². The summed E-state index contributed by atoms with van der Waals surface area (Å²) in [7, 11) is 1.66. The van der Waals surface area contributed by atoms with Gasteiger partial charge in [0.15, 0.2) is 0 Å². The summed E-state index contributed by atoms with van der Waals surface area (Å²) in [5.74, 6) is 1.01. The average Bonchev–Trinajstić information content (AvgIpc) is 2.38. The van der Waals surface area contributed by atoms with Crippen LogP contribution >= 0.6 is 0 Å². The predicted octanol–water partition coefficient (Wildman–Crippen LogP) is 2.37. The molecule has 0 aliphatic rings. The zero-order chi connectivity index (χ0) is 14.3. The molecule has 0 amide bonds. The van der Waals surface area contributed by atoms with Crippen LogP contribution < -0.4 is 10.5 Å². The van der Waals surface area contributed by atoms with Crippen molar-refractivity contribution in [3.05, 3.63) is 29.8 Å². The first-order valence-electron chi connectivity index (χ1n) is 6.18. The third kappa shape index (κ3) is 4.79. The van der Waals surface area contributed by atoms with E-state index < -0.39 is 0 Å². The molecule has 0 aliphatic carbocycles. The molecule has 0 aliphatic heterocycles. The van der Waals surface area contributed by atoms with Gasteiger partial charge in [0.2, 0.25) is 0 Å². The van der Waals surface area contributed by atoms with E-state index >= 15 is 0 Å². The minimum atomic E-state index is -0.390. The van der Waals surface area contributed by atoms with E-state index in [0.717, 1.165) is 11.3 Å². The number of amidine groups is 1. The first-order valence-corrected chi connectivity index (χ1v) is 6.18. The molecule has 0 heterocycles. The van der Waals surface area contributed by atoms with Crippen LogP contribution in [0.5, 0.6) is 5.75 Å². The number of ether oxygens (including phenoxy) is 2. The van der Waals surface area contributed by atoms with Crippen LogP contribution in [0.3, 0.4) is 0 Å². The molecule has 5 heteroatoms. The first kappa shape index (κ1) is 15.3. The monoisotopic (exact) mass is 266 g/mol. The Morgan fingerprint density at radius 3 is 2.79 bits per heavy atom. The van der Waals surface area contributed by atoms with Gasteiger partial charge in [-0.25, -0.2) is 0 Å². The van der Waals surface area contributed by atoms with Gasteiger partial charge in [0.25, 0.3) is 0 Å². The zero-order valence-electron chi connectivity index (χ0n) is 11.7. The lowest BCUT2D eigenvalue weighted by Gasteiger charge is -2.22. The third-order valence-corrected chi connectivity index (χ3v) is 3.01. The zero-order valence-corrected chi connectivity index (χ0v) is 11.7. The highest BCUT2D eigenvalue weighted by molar-refractivity contribution is 5.85. The van der Waals surface area contributed by atoms with E-state index in [9.17, 15) is 0 Å². The van der Waals surface area contributed by atoms with Crippen molar-refractivity contribution in [1.82, 2.24) is 0 Å². The van der Waals surface area contributed by atoms with Crippen molar-refractivity contribution in [1.29, 1.82) is 0 Å². The number of nitrogens with two attached hydrogens (primary N) is 1. The van der Waals surface area contributed by atoms with Crippen LogP contribution in [-0.4, -0.2) is 24.8 Å². The van der Waals surface area contributed by atoms with Crippen molar-refractivity contribution in [2.75, 3.05) is 13.7 Å². The molecule has 1 aromatic carbocycles. The summed E-state index contributed by atoms with van der Waals surface area (Å²) in [6, 6.07) is 7.75. The molecule has 0 unspecified atom stereocenters. The van der Waals surface area contributed by atoms with Gasteiger partial charge < -0.3 is 20.4 Å². The first-order chi connectivity index (χ1) is 8.99. The number of methoxy groups -OCH3 is 1. The van der Waals surface area contributed by atoms with Crippen LogP contribution in [0.4, 0.5) is 0 Å². The lowest BCUT2D eigenvalue weighted by Crippen LogP contribution is -2.33. The minimum Gasteiger partial charge on any atom is -0.494 e. The summed E-state index contributed by atoms with van der Waals surface area (Å²) < 4.78 is 10.7. The maximum atomic E-state index is 8.69. The van der Waals surface area contributed by atoms with E-state index in [1.165, 1.54) is 0 Å². The molecular formula is C14H22N2O3. The van der Waals surface area contributed by atoms with Crippen LogP contribution in [0.25, 0.3) is 0 Å². The Morgan fingerprint density at radius 2 is 2.16 bits per heavy atom. The minimum absolute atomic E-state index is 0.212. The molecule has 1 aromatic rings. The van der Waals surface area contributed by atoms with Gasteiger partial charge in [0.1, 0.15) is 11.6 Å². The summed E-state index contributed by atoms with van der Waals surface area (Å²) in [4.78, 5) is 0. The molecule has 0 spiro atoms. The predicted molar refractivity (Wildman–Crippen MR) is 74.5 cm³/mol. The normalized spacial score (nSPS) is 12.5. The van der Waals surface area contributed by atoms with E-state index in [1.54, 1.807) is 7.11 Å². The number of rotatable bonds is 7. The van der Waals surface area contributed by atoms with Crippen molar-refractivity contribution in [3.63, 3.8) is 0 Å². The molecular weight excluding hydrogens is 244 g/mol. The van der Waals surface area contributed by atoms with E-state index in [2.05, 4.69) is 5.16 Å². The number of oxime groups is 1. The Balaban J connectivity index is 2.51. The summed E-state index contributed by atoms with van der Waals surface area (Å²) >= 11 is 0. The molecule has 0 fully saturated rings. The molecule has 106 valence electrons. The molecule has 0 bridgehead atoms. The second kappa shape index (κ2) is 6.99. The lowest BCUT2D eigenvalue weighted by molar-refractivity contribution is 0.184. The number of nitrogens with zero attached hydrogens (tertiary/aromatic N) is 1. The number of hydrogen-bond donors (Lipinski definition) is 2. The third-order valence-electron chi connectivity index (χ3n) is 3.01. The summed E-state index contributed by atoms with van der Waals surface area (Å²) in [5, 5.41) is 11.7. The van der Waals surface area contributed by atoms with Gasteiger partial charge in [0, 0.05) is 12.5 Å². The highest BCUT2D eigenvalue weighted by Crippen LogP contribution is 2.21. The van der Waals surface area contributed by atoms with Crippen molar-refractivity contribution >= 4 is 5.84 Å². The fourth-order valence-corrected chi connectivity index (χ4v) is 1.58. The fourth-order valence-electron chi connectivity index (χ4n) is 1.58. The van der Waals surface area contributed by atoms with Gasteiger partial charge in [-0.1, -0.05) is 31.1 Å². The Morgan fingerprint density at radius 1 is 1.42 bits per heavy atom. The van der Waals surface area contributed by atoms with E-state index in [4.69, 9.17) is 20.4 Å². The molecule has 0 saturated carbocycles. The van der Waals surface area contributed by atoms with Crippen LogP contribution in [0.2, 0.25) is 0 Å². The topological polar surface area (TPSA) is 77.1 Å². The van der Waals surface area contributed by atoms with Crippen LogP contribution in [-0.2, 0) is 11.3 Å². The maximum Gasteiger partial charge on any atom is 0.144 e. The van der Waals surface area contributed by atoms with Gasteiger partial charge in [-0.05, 0) is 24.1 Å². The van der Waals surface area contributed by atoms with Gasteiger partial charge in [0.05, 0.1) is 13.2 Å². The van der Waals surface area contributed by atoms with Gasteiger partial charge in [-0.15, -0.1) is 0 Å². The number of hydrogen-bond acceptors (Lipinski definition) is 4. The van der Waals surface area contributed by atoms with Gasteiger partial charge in [-0.3, -0.25) is 0 Å². The standard InChI is InChI=1S/C14H22N2O3/c1-14(2,13(15)16-17)7-8-19-12-6-4-5-11(9-12)10-18-3/h4-6,9,17H,7-8,10H2,1-3H3,(H2,15,16). The smallest absolute Gasteiger partial charge is 0.144 e.